The average molecular weight is 271 g/mol. The highest BCUT2D eigenvalue weighted by Crippen LogP contribution is 2.34. The predicted molar refractivity (Wildman–Crippen MR) is 62.8 cm³/mol. The highest BCUT2D eigenvalue weighted by molar-refractivity contribution is 7.83. The largest absolute Gasteiger partial charge is 0.405 e. The molecule has 0 spiro atoms. The Balaban J connectivity index is 2.69. The van der Waals surface area contributed by atoms with Gasteiger partial charge in [0.1, 0.15) is 6.04 Å². The molecule has 1 N–H and O–H groups in total. The van der Waals surface area contributed by atoms with Gasteiger partial charge in [-0.3, -0.25) is 0 Å². The van der Waals surface area contributed by atoms with E-state index < -0.39 is 29.1 Å². The third-order valence-electron chi connectivity index (χ3n) is 3.15. The van der Waals surface area contributed by atoms with E-state index in [-0.39, 0.29) is 5.25 Å². The quantitative estimate of drug-likeness (QED) is 0.836. The van der Waals surface area contributed by atoms with Gasteiger partial charge in [-0.2, -0.15) is 13.2 Å². The van der Waals surface area contributed by atoms with Crippen LogP contribution < -0.4 is 4.72 Å². The Labute approximate surface area is 103 Å². The van der Waals surface area contributed by atoms with Gasteiger partial charge in [0.15, 0.2) is 0 Å². The number of hydrogen-bond acceptors (Lipinski definition) is 1. The first-order valence-electron chi connectivity index (χ1n) is 6.06. The summed E-state index contributed by atoms with van der Waals surface area (Å²) in [5.41, 5.74) is 0. The third-order valence-corrected chi connectivity index (χ3v) is 4.49. The molecule has 0 saturated heterocycles. The van der Waals surface area contributed by atoms with Gasteiger partial charge in [-0.15, -0.1) is 0 Å². The van der Waals surface area contributed by atoms with Gasteiger partial charge in [-0.1, -0.05) is 19.3 Å². The van der Waals surface area contributed by atoms with Crippen LogP contribution in [0.3, 0.4) is 0 Å². The summed E-state index contributed by atoms with van der Waals surface area (Å²) < 4.78 is 52.6. The maximum absolute atomic E-state index is 12.9. The molecule has 1 aliphatic carbocycles. The summed E-state index contributed by atoms with van der Waals surface area (Å²) in [6.45, 7) is 3.30. The average Bonchev–Trinajstić information content (AvgIpc) is 2.25. The molecule has 6 heteroatoms. The van der Waals surface area contributed by atoms with Gasteiger partial charge in [0.2, 0.25) is 0 Å². The van der Waals surface area contributed by atoms with Crippen LogP contribution in [0.25, 0.3) is 0 Å². The highest BCUT2D eigenvalue weighted by atomic mass is 32.2. The fourth-order valence-corrected chi connectivity index (χ4v) is 3.01. The summed E-state index contributed by atoms with van der Waals surface area (Å²) in [6.07, 6.45) is -0.472. The fraction of sp³-hybridized carbons (Fsp3) is 1.00. The maximum atomic E-state index is 12.9. The number of nitrogens with one attached hydrogen (secondary N) is 1. The normalized spacial score (nSPS) is 22.7. The molecule has 1 rings (SSSR count). The van der Waals surface area contributed by atoms with Crippen molar-refractivity contribution in [3.8, 4) is 0 Å². The molecule has 0 heterocycles. The first-order valence-corrected chi connectivity index (χ1v) is 7.27. The standard InChI is InChI=1S/C11H20F3NOS/c1-8(2)17(16)15-10(11(12,13)14)9-6-4-3-5-7-9/h8-10,15H,3-7H2,1-2H3/t10-,17-/m0/s1. The van der Waals surface area contributed by atoms with Gasteiger partial charge < -0.3 is 0 Å². The van der Waals surface area contributed by atoms with Gasteiger partial charge in [0.05, 0.1) is 11.0 Å². The van der Waals surface area contributed by atoms with E-state index in [1.807, 2.05) is 0 Å². The molecule has 1 saturated carbocycles. The summed E-state index contributed by atoms with van der Waals surface area (Å²) in [7, 11) is -1.62. The number of halogens is 3. The predicted octanol–water partition coefficient (Wildman–Crippen LogP) is 3.16. The van der Waals surface area contributed by atoms with Crippen LogP contribution in [0.5, 0.6) is 0 Å². The summed E-state index contributed by atoms with van der Waals surface area (Å²) in [4.78, 5) is 0. The van der Waals surface area contributed by atoms with Gasteiger partial charge in [0, 0.05) is 5.25 Å². The molecular formula is C11H20F3NOS. The highest BCUT2D eigenvalue weighted by Gasteiger charge is 2.45. The van der Waals surface area contributed by atoms with E-state index in [2.05, 4.69) is 4.72 Å². The summed E-state index contributed by atoms with van der Waals surface area (Å²) in [5.74, 6) is -0.425. The zero-order chi connectivity index (χ0) is 13.1. The first kappa shape index (κ1) is 15.0. The molecule has 0 aliphatic heterocycles. The number of hydrogen-bond donors (Lipinski definition) is 1. The fourth-order valence-electron chi connectivity index (χ4n) is 2.16. The van der Waals surface area contributed by atoms with Crippen molar-refractivity contribution in [2.75, 3.05) is 0 Å². The maximum Gasteiger partial charge on any atom is 0.405 e. The molecule has 0 radical (unpaired) electrons. The van der Waals surface area contributed by atoms with Gasteiger partial charge in [-0.05, 0) is 32.6 Å². The molecule has 2 nitrogen and oxygen atoms in total. The third kappa shape index (κ3) is 4.58. The Morgan fingerprint density at radius 2 is 1.71 bits per heavy atom. The summed E-state index contributed by atoms with van der Waals surface area (Å²) in [6, 6.07) is -1.62. The van der Waals surface area contributed by atoms with Crippen molar-refractivity contribution in [1.29, 1.82) is 0 Å². The molecule has 0 aromatic rings. The molecule has 102 valence electrons. The second kappa shape index (κ2) is 6.18. The molecule has 2 atom stereocenters. The van der Waals surface area contributed by atoms with Crippen LogP contribution in [0.4, 0.5) is 13.2 Å². The monoisotopic (exact) mass is 271 g/mol. The molecule has 1 fully saturated rings. The molecule has 0 amide bonds. The van der Waals surface area contributed by atoms with E-state index >= 15 is 0 Å². The van der Waals surface area contributed by atoms with Crippen molar-refractivity contribution in [2.24, 2.45) is 5.92 Å². The molecule has 1 aliphatic rings. The minimum atomic E-state index is -4.31. The van der Waals surface area contributed by atoms with E-state index in [4.69, 9.17) is 0 Å². The summed E-state index contributed by atoms with van der Waals surface area (Å²) in [5, 5.41) is -0.302. The van der Waals surface area contributed by atoms with Gasteiger partial charge >= 0.3 is 6.18 Å². The van der Waals surface area contributed by atoms with Crippen molar-refractivity contribution in [3.63, 3.8) is 0 Å². The Morgan fingerprint density at radius 1 is 1.18 bits per heavy atom. The number of alkyl halides is 3. The molecule has 0 aromatic carbocycles. The van der Waals surface area contributed by atoms with Crippen molar-refractivity contribution in [1.82, 2.24) is 4.72 Å². The lowest BCUT2D eigenvalue weighted by Gasteiger charge is -2.32. The van der Waals surface area contributed by atoms with Crippen LogP contribution in [0.2, 0.25) is 0 Å². The Kier molecular flexibility index (Phi) is 5.44. The minimum absolute atomic E-state index is 0.302. The van der Waals surface area contributed by atoms with E-state index in [0.717, 1.165) is 19.3 Å². The van der Waals surface area contributed by atoms with E-state index in [9.17, 15) is 17.4 Å². The zero-order valence-corrected chi connectivity index (χ0v) is 11.0. The van der Waals surface area contributed by atoms with Crippen LogP contribution in [0.15, 0.2) is 0 Å². The van der Waals surface area contributed by atoms with Crippen molar-refractivity contribution in [3.05, 3.63) is 0 Å². The first-order chi connectivity index (χ1) is 7.82. The summed E-state index contributed by atoms with van der Waals surface area (Å²) >= 11 is 0. The van der Waals surface area contributed by atoms with Crippen LogP contribution in [0.1, 0.15) is 46.0 Å². The van der Waals surface area contributed by atoms with Crippen LogP contribution in [0, 0.1) is 5.92 Å². The van der Waals surface area contributed by atoms with Crippen molar-refractivity contribution >= 4 is 11.0 Å². The number of rotatable bonds is 4. The zero-order valence-electron chi connectivity index (χ0n) is 10.2. The SMILES string of the molecule is CC(C)[S@](=O)N[C@@H](C1CCCCC1)C(F)(F)F. The Bertz CT molecular complexity index is 262. The van der Waals surface area contributed by atoms with E-state index in [1.54, 1.807) is 13.8 Å². The lowest BCUT2D eigenvalue weighted by atomic mass is 9.84. The second-order valence-electron chi connectivity index (χ2n) is 4.88. The second-order valence-corrected chi connectivity index (χ2v) is 6.65. The topological polar surface area (TPSA) is 29.1 Å². The van der Waals surface area contributed by atoms with Crippen LogP contribution in [-0.2, 0) is 11.0 Å². The molecule has 0 aromatic heterocycles. The Morgan fingerprint density at radius 3 is 2.12 bits per heavy atom. The van der Waals surface area contributed by atoms with Gasteiger partial charge in [0.25, 0.3) is 0 Å². The van der Waals surface area contributed by atoms with Crippen LogP contribution in [-0.4, -0.2) is 21.7 Å². The van der Waals surface area contributed by atoms with Gasteiger partial charge in [-0.25, -0.2) is 8.93 Å². The van der Waals surface area contributed by atoms with Crippen LogP contribution >= 0.6 is 0 Å². The molecule has 17 heavy (non-hydrogen) atoms. The van der Waals surface area contributed by atoms with E-state index in [0.29, 0.717) is 12.8 Å². The minimum Gasteiger partial charge on any atom is -0.243 e. The molecular weight excluding hydrogens is 251 g/mol. The van der Waals surface area contributed by atoms with Crippen molar-refractivity contribution in [2.45, 2.75) is 63.4 Å². The Hall–Kier alpha value is -0.100. The van der Waals surface area contributed by atoms with Crippen molar-refractivity contribution < 1.29 is 17.4 Å². The molecule has 0 bridgehead atoms. The lowest BCUT2D eigenvalue weighted by molar-refractivity contribution is -0.165. The van der Waals surface area contributed by atoms with E-state index in [1.165, 1.54) is 0 Å². The lowest BCUT2D eigenvalue weighted by Crippen LogP contribution is -2.50. The smallest absolute Gasteiger partial charge is 0.243 e. The molecule has 0 unspecified atom stereocenters.